The number of carbonyl (C=O) groups excluding carboxylic acids is 15. The van der Waals surface area contributed by atoms with Gasteiger partial charge in [0.1, 0.15) is 84.6 Å². The third-order valence-electron chi connectivity index (χ3n) is 19.0. The molecule has 674 valence electrons. The molecule has 0 spiro atoms. The van der Waals surface area contributed by atoms with Crippen LogP contribution in [-0.4, -0.2) is 288 Å². The van der Waals surface area contributed by atoms with E-state index in [1.165, 1.54) is 37.4 Å². The molecular weight excluding hydrogens is 1630 g/mol. The van der Waals surface area contributed by atoms with Crippen LogP contribution in [0.15, 0.2) is 30.3 Å². The zero-order chi connectivity index (χ0) is 91.0. The molecule has 0 aliphatic carbocycles. The van der Waals surface area contributed by atoms with Crippen molar-refractivity contribution >= 4 is 149 Å². The second-order valence-corrected chi connectivity index (χ2v) is 32.9. The normalized spacial score (nSPS) is 16.6. The predicted octanol–water partition coefficient (Wildman–Crippen LogP) is -3.99. The number of carboxylic acids is 4. The SMILES string of the molecule is CC[C@H](C)[C@H](NC(=O)[C@H](CCC(=O)O)NC(=O)[C@H](CO)NC(=O)[C@H](Cc1ccccc1)NC(=O)[C@H](CCSC)NC(=O)[C@H](CCC(=O)O)NC(=O)[C@@H]1CCCN1C(=O)[C@@H](NC(=O)[C@H](CCSC)NC(=O)[C@@H](N)CC(C)C)[C@@H](C)O)C(=O)N[C@@H](CC(C)C)C(=O)N[C@@H](CS)C(=O)N[C@@H](CC(=O)O)C(=O)N[C@@H](CC(C)C)C(=O)N[C@@H](CC(N)=O)C(=O)O. The molecule has 0 radical (unpaired) electrons. The van der Waals surface area contributed by atoms with Gasteiger partial charge in [0.15, 0.2) is 0 Å². The fraction of sp³-hybridized carbons (Fsp3) is 0.671. The lowest BCUT2D eigenvalue weighted by Crippen LogP contribution is -2.62. The van der Waals surface area contributed by atoms with Crippen molar-refractivity contribution < 1.29 is 122 Å². The highest BCUT2D eigenvalue weighted by Crippen LogP contribution is 2.22. The highest BCUT2D eigenvalue weighted by molar-refractivity contribution is 7.98. The van der Waals surface area contributed by atoms with Crippen LogP contribution >= 0.6 is 36.2 Å². The van der Waals surface area contributed by atoms with Gasteiger partial charge in [-0.05, 0) is 118 Å². The van der Waals surface area contributed by atoms with E-state index in [2.05, 4.69) is 81.7 Å². The van der Waals surface area contributed by atoms with Gasteiger partial charge >= 0.3 is 23.9 Å². The van der Waals surface area contributed by atoms with Gasteiger partial charge in [0.25, 0.3) is 0 Å². The van der Waals surface area contributed by atoms with E-state index in [1.807, 2.05) is 13.8 Å². The van der Waals surface area contributed by atoms with Gasteiger partial charge in [-0.15, -0.1) is 0 Å². The molecule has 0 bridgehead atoms. The minimum Gasteiger partial charge on any atom is -0.481 e. The molecule has 23 N–H and O–H groups in total. The standard InChI is InChI=1S/C76H122N16O25S3/c1-12-40(8)60(74(114)86-49(31-39(6)7)68(108)89-54(36-118)72(112)85-51(34-59(100)101)70(110)83-48(30-38(4)5)67(107)87-52(76(116)117)33-56(78)95)90-65(105)45(21-23-58(98)99)80-71(111)53(35-93)88-69(109)50(32-42-17-14-13-15-18-42)84-64(104)46(24-27-119-10)81-63(103)44(20-22-57(96)97)82-73(113)55-19-16-26-92(55)75(115)61(41(9)94)91-66(106)47(25-28-120-11)79-62(102)43(77)29-37(2)3/h13-15,17-18,37-41,43-55,60-61,93-94,118H,12,16,19-36,77H2,1-11H3,(H2,78,95)(H,79,102)(H,80,111)(H,81,103)(H,82,113)(H,83,110)(H,84,104)(H,85,112)(H,86,114)(H,87,107)(H,88,109)(H,89,108)(H,90,105)(H,91,106)(H,96,97)(H,98,99)(H,100,101)(H,116,117)/t40-,41+,43-,44-,45-,46-,47-,48-,49-,50-,51-,52-,53-,54-,55-,60-,61-/m0/s1. The largest absolute Gasteiger partial charge is 0.481 e. The van der Waals surface area contributed by atoms with E-state index >= 15 is 0 Å². The van der Waals surface area contributed by atoms with Gasteiger partial charge in [0.05, 0.1) is 31.6 Å². The molecule has 120 heavy (non-hydrogen) atoms. The first-order chi connectivity index (χ1) is 56.3. The van der Waals surface area contributed by atoms with E-state index in [9.17, 15) is 122 Å². The summed E-state index contributed by atoms with van der Waals surface area (Å²) in [6.07, 6.45) is -2.72. The molecule has 0 aromatic heterocycles. The maximum absolute atomic E-state index is 14.6. The number of aliphatic carboxylic acids is 4. The van der Waals surface area contributed by atoms with E-state index in [0.717, 1.165) is 4.90 Å². The van der Waals surface area contributed by atoms with E-state index in [4.69, 9.17) is 11.5 Å². The number of hydrogen-bond acceptors (Lipinski definition) is 25. The lowest BCUT2D eigenvalue weighted by atomic mass is 9.96. The first kappa shape index (κ1) is 106. The van der Waals surface area contributed by atoms with Gasteiger partial charge in [-0.2, -0.15) is 36.2 Å². The number of carboxylic acid groups (broad SMARTS) is 4. The average molecular weight is 1760 g/mol. The quantitative estimate of drug-likeness (QED) is 0.0277. The molecule has 17 atom stereocenters. The number of rotatable bonds is 57. The Hall–Kier alpha value is -9.92. The third-order valence-corrected chi connectivity index (χ3v) is 20.7. The van der Waals surface area contributed by atoms with Crippen molar-refractivity contribution in [2.75, 3.05) is 42.9 Å². The number of hydrogen-bond donors (Lipinski definition) is 22. The number of primary amides is 1. The van der Waals surface area contributed by atoms with Crippen molar-refractivity contribution in [1.29, 1.82) is 0 Å². The minimum absolute atomic E-state index is 0.00491. The highest BCUT2D eigenvalue weighted by Gasteiger charge is 2.43. The molecule has 1 fully saturated rings. The van der Waals surface area contributed by atoms with Crippen LogP contribution in [0.3, 0.4) is 0 Å². The monoisotopic (exact) mass is 1750 g/mol. The molecule has 1 heterocycles. The molecule has 41 nitrogen and oxygen atoms in total. The summed E-state index contributed by atoms with van der Waals surface area (Å²) in [6.45, 7) is 13.4. The predicted molar refractivity (Wildman–Crippen MR) is 442 cm³/mol. The first-order valence-corrected chi connectivity index (χ1v) is 42.8. The number of amides is 15. The van der Waals surface area contributed by atoms with Crippen LogP contribution in [0.2, 0.25) is 0 Å². The van der Waals surface area contributed by atoms with Gasteiger partial charge in [-0.25, -0.2) is 4.79 Å². The molecule has 0 saturated carbocycles. The van der Waals surface area contributed by atoms with Crippen LogP contribution in [0.1, 0.15) is 158 Å². The van der Waals surface area contributed by atoms with Crippen LogP contribution in [0.4, 0.5) is 0 Å². The smallest absolute Gasteiger partial charge is 0.326 e. The molecule has 1 aliphatic heterocycles. The lowest BCUT2D eigenvalue weighted by molar-refractivity contribution is -0.145. The molecule has 15 amide bonds. The van der Waals surface area contributed by atoms with Crippen LogP contribution in [0, 0.1) is 23.7 Å². The van der Waals surface area contributed by atoms with Crippen molar-refractivity contribution in [2.45, 2.75) is 255 Å². The fourth-order valence-electron chi connectivity index (χ4n) is 12.4. The summed E-state index contributed by atoms with van der Waals surface area (Å²) < 4.78 is 0. The van der Waals surface area contributed by atoms with E-state index in [-0.39, 0.29) is 75.5 Å². The molecule has 1 aromatic carbocycles. The molecular formula is C76H122N16O25S3. The summed E-state index contributed by atoms with van der Waals surface area (Å²) in [5, 5.41) is 92.1. The van der Waals surface area contributed by atoms with Gasteiger partial charge in [0.2, 0.25) is 88.6 Å². The van der Waals surface area contributed by atoms with Gasteiger partial charge in [0, 0.05) is 31.6 Å². The topological polar surface area (TPSA) is 657 Å². The van der Waals surface area contributed by atoms with Crippen molar-refractivity contribution in [3.8, 4) is 0 Å². The van der Waals surface area contributed by atoms with E-state index in [0.29, 0.717) is 17.7 Å². The molecule has 1 aromatic rings. The number of likely N-dealkylation sites (tertiary alicyclic amines) is 1. The summed E-state index contributed by atoms with van der Waals surface area (Å²) in [5.41, 5.74) is 11.7. The Balaban J connectivity index is 2.50. The Morgan fingerprint density at radius 1 is 0.467 bits per heavy atom. The molecule has 2 rings (SSSR count). The van der Waals surface area contributed by atoms with Crippen LogP contribution in [0.25, 0.3) is 0 Å². The zero-order valence-corrected chi connectivity index (χ0v) is 71.9. The molecule has 44 heteroatoms. The third kappa shape index (κ3) is 38.2. The number of aliphatic hydroxyl groups is 2. The second-order valence-electron chi connectivity index (χ2n) is 30.5. The number of carbonyl (C=O) groups is 19. The summed E-state index contributed by atoms with van der Waals surface area (Å²) in [4.78, 5) is 258. The number of thiol groups is 1. The Bertz CT molecular complexity index is 3680. The molecule has 1 saturated heterocycles. The summed E-state index contributed by atoms with van der Waals surface area (Å²) in [5.74, 6) is -23.2. The maximum atomic E-state index is 14.6. The average Bonchev–Trinajstić information content (AvgIpc) is 1.66. The number of nitrogens with one attached hydrogen (secondary N) is 13. The molecule has 1 aliphatic rings. The van der Waals surface area contributed by atoms with Crippen molar-refractivity contribution in [1.82, 2.24) is 74.0 Å². The van der Waals surface area contributed by atoms with Gasteiger partial charge in [-0.1, -0.05) is 92.1 Å². The Kier molecular flexibility index (Phi) is 48.1. The van der Waals surface area contributed by atoms with E-state index in [1.54, 1.807) is 77.5 Å². The summed E-state index contributed by atoms with van der Waals surface area (Å²) in [6, 6.07) is -16.0. The Morgan fingerprint density at radius 3 is 1.31 bits per heavy atom. The first-order valence-electron chi connectivity index (χ1n) is 39.4. The minimum atomic E-state index is -1.98. The second kappa shape index (κ2) is 54.4. The lowest BCUT2D eigenvalue weighted by Gasteiger charge is -2.32. The van der Waals surface area contributed by atoms with Crippen molar-refractivity contribution in [2.24, 2.45) is 35.1 Å². The zero-order valence-electron chi connectivity index (χ0n) is 69.4. The number of aliphatic hydroxyl groups excluding tert-OH is 2. The highest BCUT2D eigenvalue weighted by atomic mass is 32.2. The van der Waals surface area contributed by atoms with Gasteiger partial charge in [-0.3, -0.25) is 86.3 Å². The number of benzene rings is 1. The summed E-state index contributed by atoms with van der Waals surface area (Å²) >= 11 is 6.80. The summed E-state index contributed by atoms with van der Waals surface area (Å²) in [7, 11) is 0. The van der Waals surface area contributed by atoms with Crippen LogP contribution in [0.5, 0.6) is 0 Å². The number of nitrogens with zero attached hydrogens (tertiary/aromatic N) is 1. The number of nitrogens with two attached hydrogens (primary N) is 2. The fourth-order valence-corrected chi connectivity index (χ4v) is 13.6. The molecule has 0 unspecified atom stereocenters. The van der Waals surface area contributed by atoms with Crippen LogP contribution < -0.4 is 80.6 Å². The van der Waals surface area contributed by atoms with Gasteiger partial charge < -0.3 is 116 Å². The van der Waals surface area contributed by atoms with Crippen molar-refractivity contribution in [3.63, 3.8) is 0 Å². The van der Waals surface area contributed by atoms with E-state index < -0.39 is 272 Å². The Morgan fingerprint density at radius 2 is 0.858 bits per heavy atom. The number of thioether (sulfide) groups is 2. The maximum Gasteiger partial charge on any atom is 0.326 e. The van der Waals surface area contributed by atoms with Crippen molar-refractivity contribution in [3.05, 3.63) is 35.9 Å². The van der Waals surface area contributed by atoms with Crippen LogP contribution in [-0.2, 0) is 97.5 Å². The Labute approximate surface area is 710 Å².